The van der Waals surface area contributed by atoms with Crippen molar-refractivity contribution in [2.45, 2.75) is 30.9 Å². The largest absolute Gasteiger partial charge is 0.494 e. The van der Waals surface area contributed by atoms with Gasteiger partial charge in [-0.1, -0.05) is 48.5 Å². The maximum atomic E-state index is 13.4. The van der Waals surface area contributed by atoms with E-state index < -0.39 is 11.8 Å². The van der Waals surface area contributed by atoms with Gasteiger partial charge in [-0.2, -0.15) is 0 Å². The number of rotatable bonds is 11. The molecule has 0 saturated carbocycles. The monoisotopic (exact) mass is 579 g/mol. The second-order valence-electron chi connectivity index (χ2n) is 9.48. The molecule has 0 spiro atoms. The van der Waals surface area contributed by atoms with Crippen LogP contribution in [0.5, 0.6) is 5.75 Å². The fourth-order valence-electron chi connectivity index (χ4n) is 4.01. The van der Waals surface area contributed by atoms with Crippen LogP contribution in [0.4, 0.5) is 11.4 Å². The molecule has 0 aliphatic rings. The van der Waals surface area contributed by atoms with E-state index in [0.29, 0.717) is 23.6 Å². The quantitative estimate of drug-likeness (QED) is 0.132. The number of benzene rings is 4. The molecule has 0 bridgehead atoms. The molecule has 0 heterocycles. The van der Waals surface area contributed by atoms with E-state index in [0.717, 1.165) is 21.7 Å². The molecule has 7 nitrogen and oxygen atoms in total. The Labute approximate surface area is 250 Å². The number of anilines is 2. The topological polar surface area (TPSA) is 96.5 Å². The van der Waals surface area contributed by atoms with Crippen LogP contribution in [0.2, 0.25) is 0 Å². The van der Waals surface area contributed by atoms with E-state index in [1.165, 1.54) is 11.8 Å². The normalized spacial score (nSPS) is 11.7. The van der Waals surface area contributed by atoms with Crippen LogP contribution in [0.3, 0.4) is 0 Å². The minimum Gasteiger partial charge on any atom is -0.494 e. The summed E-state index contributed by atoms with van der Waals surface area (Å²) in [7, 11) is 0. The highest BCUT2D eigenvalue weighted by Crippen LogP contribution is 2.27. The number of hydrogen-bond donors (Lipinski definition) is 3. The second kappa shape index (κ2) is 14.7. The van der Waals surface area contributed by atoms with Gasteiger partial charge in [0.25, 0.3) is 11.8 Å². The highest BCUT2D eigenvalue weighted by molar-refractivity contribution is 8.00. The van der Waals surface area contributed by atoms with Crippen LogP contribution in [0.15, 0.2) is 114 Å². The minimum absolute atomic E-state index is 0.0805. The Morgan fingerprint density at radius 2 is 1.52 bits per heavy atom. The van der Waals surface area contributed by atoms with Crippen molar-refractivity contribution in [2.75, 3.05) is 17.2 Å². The SMILES string of the molecule is CCOc1ccc(/C=C(/NC(=O)c2ccccc2)C(=O)Nc2cccc(SC(C)C(=O)Nc3cccc(C)c3)c2)cc1. The van der Waals surface area contributed by atoms with Crippen molar-refractivity contribution in [1.82, 2.24) is 5.32 Å². The summed E-state index contributed by atoms with van der Waals surface area (Å²) in [5.74, 6) is -0.296. The highest BCUT2D eigenvalue weighted by atomic mass is 32.2. The number of aryl methyl sites for hydroxylation is 1. The van der Waals surface area contributed by atoms with Crippen LogP contribution < -0.4 is 20.7 Å². The van der Waals surface area contributed by atoms with Gasteiger partial charge >= 0.3 is 0 Å². The summed E-state index contributed by atoms with van der Waals surface area (Å²) in [5, 5.41) is 8.20. The maximum absolute atomic E-state index is 13.4. The van der Waals surface area contributed by atoms with Crippen molar-refractivity contribution in [2.24, 2.45) is 0 Å². The lowest BCUT2D eigenvalue weighted by Crippen LogP contribution is -2.30. The summed E-state index contributed by atoms with van der Waals surface area (Å²) in [4.78, 5) is 40.0. The lowest BCUT2D eigenvalue weighted by atomic mass is 10.1. The first-order valence-corrected chi connectivity index (χ1v) is 14.4. The van der Waals surface area contributed by atoms with Crippen molar-refractivity contribution < 1.29 is 19.1 Å². The fraction of sp³-hybridized carbons (Fsp3) is 0.147. The molecular formula is C34H33N3O4S. The van der Waals surface area contributed by atoms with E-state index in [1.54, 1.807) is 54.6 Å². The van der Waals surface area contributed by atoms with E-state index in [2.05, 4.69) is 16.0 Å². The molecule has 0 radical (unpaired) electrons. The molecular weight excluding hydrogens is 546 g/mol. The molecule has 1 atom stereocenters. The van der Waals surface area contributed by atoms with Gasteiger partial charge in [0.2, 0.25) is 5.91 Å². The van der Waals surface area contributed by atoms with Gasteiger partial charge < -0.3 is 20.7 Å². The predicted octanol–water partition coefficient (Wildman–Crippen LogP) is 6.92. The fourth-order valence-corrected chi connectivity index (χ4v) is 4.93. The van der Waals surface area contributed by atoms with Crippen LogP contribution in [0.25, 0.3) is 6.08 Å². The molecule has 1 unspecified atom stereocenters. The van der Waals surface area contributed by atoms with Gasteiger partial charge in [0.1, 0.15) is 11.4 Å². The zero-order valence-electron chi connectivity index (χ0n) is 23.7. The van der Waals surface area contributed by atoms with Crippen molar-refractivity contribution in [1.29, 1.82) is 0 Å². The molecule has 4 aromatic rings. The summed E-state index contributed by atoms with van der Waals surface area (Å²) >= 11 is 1.38. The Morgan fingerprint density at radius 3 is 2.21 bits per heavy atom. The van der Waals surface area contributed by atoms with Crippen LogP contribution in [-0.4, -0.2) is 29.6 Å². The smallest absolute Gasteiger partial charge is 0.272 e. The average Bonchev–Trinajstić information content (AvgIpc) is 2.98. The van der Waals surface area contributed by atoms with E-state index in [4.69, 9.17) is 4.74 Å². The predicted molar refractivity (Wildman–Crippen MR) is 170 cm³/mol. The minimum atomic E-state index is -0.486. The molecule has 0 fully saturated rings. The standard InChI is InChI=1S/C34H33N3O4S/c1-4-41-29-18-16-25(17-19-29)21-31(37-33(39)26-11-6-5-7-12-26)34(40)36-28-14-9-15-30(22-28)42-24(3)32(38)35-27-13-8-10-23(2)20-27/h5-22,24H,4H2,1-3H3,(H,35,38)(H,36,40)(H,37,39)/b31-21+. The molecule has 0 aromatic heterocycles. The molecule has 214 valence electrons. The molecule has 42 heavy (non-hydrogen) atoms. The molecule has 0 aliphatic heterocycles. The number of thioether (sulfide) groups is 1. The highest BCUT2D eigenvalue weighted by Gasteiger charge is 2.17. The number of carbonyl (C=O) groups excluding carboxylic acids is 3. The number of nitrogens with one attached hydrogen (secondary N) is 3. The van der Waals surface area contributed by atoms with Crippen LogP contribution in [-0.2, 0) is 9.59 Å². The van der Waals surface area contributed by atoms with Gasteiger partial charge in [0.05, 0.1) is 11.9 Å². The molecule has 8 heteroatoms. The van der Waals surface area contributed by atoms with Gasteiger partial charge in [-0.05, 0) is 92.6 Å². The first-order chi connectivity index (χ1) is 20.3. The number of ether oxygens (including phenoxy) is 1. The first kappa shape index (κ1) is 30.1. The van der Waals surface area contributed by atoms with Crippen molar-refractivity contribution in [3.63, 3.8) is 0 Å². The third-order valence-electron chi connectivity index (χ3n) is 6.09. The summed E-state index contributed by atoms with van der Waals surface area (Å²) in [6.45, 7) is 6.25. The molecule has 0 aliphatic carbocycles. The van der Waals surface area contributed by atoms with Gasteiger partial charge in [0.15, 0.2) is 0 Å². The van der Waals surface area contributed by atoms with Gasteiger partial charge in [-0.3, -0.25) is 14.4 Å². The Balaban J connectivity index is 1.48. The molecule has 3 amide bonds. The number of carbonyl (C=O) groups is 3. The molecule has 4 rings (SSSR count). The Morgan fingerprint density at radius 1 is 0.833 bits per heavy atom. The first-order valence-electron chi connectivity index (χ1n) is 13.6. The lowest BCUT2D eigenvalue weighted by Gasteiger charge is -2.14. The van der Waals surface area contributed by atoms with Crippen molar-refractivity contribution in [3.8, 4) is 5.75 Å². The third-order valence-corrected chi connectivity index (χ3v) is 7.18. The zero-order chi connectivity index (χ0) is 29.9. The molecule has 0 saturated heterocycles. The van der Waals surface area contributed by atoms with Gasteiger partial charge in [-0.25, -0.2) is 0 Å². The number of amides is 3. The van der Waals surface area contributed by atoms with Gasteiger partial charge in [-0.15, -0.1) is 11.8 Å². The zero-order valence-corrected chi connectivity index (χ0v) is 24.5. The second-order valence-corrected chi connectivity index (χ2v) is 10.9. The average molecular weight is 580 g/mol. The van der Waals surface area contributed by atoms with Crippen molar-refractivity contribution >= 4 is 46.9 Å². The Kier molecular flexibility index (Phi) is 10.6. The van der Waals surface area contributed by atoms with Crippen LogP contribution in [0.1, 0.15) is 35.3 Å². The summed E-state index contributed by atoms with van der Waals surface area (Å²) < 4.78 is 5.51. The number of hydrogen-bond acceptors (Lipinski definition) is 5. The van der Waals surface area contributed by atoms with E-state index in [-0.39, 0.29) is 16.9 Å². The van der Waals surface area contributed by atoms with E-state index in [9.17, 15) is 14.4 Å². The van der Waals surface area contributed by atoms with Gasteiger partial charge in [0, 0.05) is 21.8 Å². The summed E-state index contributed by atoms with van der Waals surface area (Å²) in [5.41, 5.74) is 3.57. The van der Waals surface area contributed by atoms with Crippen molar-refractivity contribution in [3.05, 3.63) is 126 Å². The molecule has 3 N–H and O–H groups in total. The van der Waals surface area contributed by atoms with Crippen LogP contribution >= 0.6 is 11.8 Å². The van der Waals surface area contributed by atoms with Crippen LogP contribution in [0, 0.1) is 6.92 Å². The third kappa shape index (κ3) is 8.84. The Hall–Kier alpha value is -4.82. The lowest BCUT2D eigenvalue weighted by molar-refractivity contribution is -0.115. The Bertz CT molecular complexity index is 1570. The molecule has 4 aromatic carbocycles. The van der Waals surface area contributed by atoms with E-state index >= 15 is 0 Å². The summed E-state index contributed by atoms with van der Waals surface area (Å²) in [6, 6.07) is 30.8. The van der Waals surface area contributed by atoms with E-state index in [1.807, 2.05) is 75.4 Å². The maximum Gasteiger partial charge on any atom is 0.272 e. The summed E-state index contributed by atoms with van der Waals surface area (Å²) in [6.07, 6.45) is 1.61.